The van der Waals surface area contributed by atoms with Crippen LogP contribution in [0.4, 0.5) is 0 Å². The number of nitrogens with zero attached hydrogens (tertiary/aromatic N) is 2. The van der Waals surface area contributed by atoms with E-state index in [4.69, 9.17) is 43.5 Å². The fourth-order valence-electron chi connectivity index (χ4n) is 3.81. The van der Waals surface area contributed by atoms with Gasteiger partial charge in [-0.05, 0) is 24.3 Å². The lowest BCUT2D eigenvalue weighted by molar-refractivity contribution is -0.159. The number of aliphatic carboxylic acids is 2. The maximum Gasteiger partial charge on any atom is 0.414 e. The topological polar surface area (TPSA) is 127 Å². The maximum absolute atomic E-state index is 9.10. The average molecular weight is 507 g/mol. The van der Waals surface area contributed by atoms with E-state index >= 15 is 0 Å². The molecule has 0 bridgehead atoms. The molecule has 2 aromatic carbocycles. The SMILES string of the molecule is COc1ccc(OC)c(CN2CCN(Cc3cc(OC)c(OC)cc3OC)CC2)c1.O=C(O)C(=O)O. The predicted octanol–water partition coefficient (Wildman–Crippen LogP) is 2.20. The van der Waals surface area contributed by atoms with Crippen molar-refractivity contribution in [2.24, 2.45) is 0 Å². The van der Waals surface area contributed by atoms with Crippen LogP contribution in [-0.4, -0.2) is 93.7 Å². The quantitative estimate of drug-likeness (QED) is 0.486. The molecule has 36 heavy (non-hydrogen) atoms. The number of carboxylic acid groups (broad SMARTS) is 2. The van der Waals surface area contributed by atoms with Gasteiger partial charge in [0.05, 0.1) is 35.5 Å². The van der Waals surface area contributed by atoms with Gasteiger partial charge >= 0.3 is 11.9 Å². The van der Waals surface area contributed by atoms with Crippen molar-refractivity contribution in [3.63, 3.8) is 0 Å². The molecule has 1 fully saturated rings. The molecule has 198 valence electrons. The molecule has 2 N–H and O–H groups in total. The van der Waals surface area contributed by atoms with Gasteiger partial charge in [-0.15, -0.1) is 0 Å². The molecule has 1 saturated heterocycles. The Hall–Kier alpha value is -3.70. The van der Waals surface area contributed by atoms with Crippen LogP contribution in [0.1, 0.15) is 11.1 Å². The standard InChI is InChI=1S/C23H32N2O5.C2H2O4/c1-26-19-6-7-20(27-2)17(12-19)15-24-8-10-25(11-9-24)16-18-13-22(29-4)23(30-5)14-21(18)28-3;3-1(4)2(5)6/h6-7,12-14H,8-11,15-16H2,1-5H3;(H,3,4)(H,5,6). The third-order valence-corrected chi connectivity index (χ3v) is 5.71. The van der Waals surface area contributed by atoms with Crippen molar-refractivity contribution in [2.75, 3.05) is 61.7 Å². The first-order chi connectivity index (χ1) is 17.3. The van der Waals surface area contributed by atoms with Crippen LogP contribution in [0, 0.1) is 0 Å². The Morgan fingerprint density at radius 1 is 0.639 bits per heavy atom. The summed E-state index contributed by atoms with van der Waals surface area (Å²) >= 11 is 0. The van der Waals surface area contributed by atoms with Gasteiger partial charge in [-0.1, -0.05) is 0 Å². The van der Waals surface area contributed by atoms with Crippen molar-refractivity contribution < 1.29 is 43.5 Å². The first-order valence-electron chi connectivity index (χ1n) is 11.2. The van der Waals surface area contributed by atoms with Gasteiger partial charge in [-0.2, -0.15) is 0 Å². The lowest BCUT2D eigenvalue weighted by atomic mass is 10.1. The number of methoxy groups -OCH3 is 5. The van der Waals surface area contributed by atoms with Crippen LogP contribution in [0.5, 0.6) is 28.7 Å². The molecule has 11 nitrogen and oxygen atoms in total. The molecule has 11 heteroatoms. The molecule has 1 aliphatic heterocycles. The Balaban J connectivity index is 0.000000678. The summed E-state index contributed by atoms with van der Waals surface area (Å²) in [5.41, 5.74) is 2.24. The van der Waals surface area contributed by atoms with Gasteiger partial charge < -0.3 is 33.9 Å². The van der Waals surface area contributed by atoms with E-state index in [2.05, 4.69) is 15.9 Å². The highest BCUT2D eigenvalue weighted by atomic mass is 16.5. The second-order valence-electron chi connectivity index (χ2n) is 7.86. The van der Waals surface area contributed by atoms with Crippen molar-refractivity contribution in [3.8, 4) is 28.7 Å². The first-order valence-corrected chi connectivity index (χ1v) is 11.2. The van der Waals surface area contributed by atoms with Gasteiger partial charge in [0.25, 0.3) is 0 Å². The van der Waals surface area contributed by atoms with Gasteiger partial charge in [0.15, 0.2) is 11.5 Å². The van der Waals surface area contributed by atoms with E-state index in [-0.39, 0.29) is 0 Å². The summed E-state index contributed by atoms with van der Waals surface area (Å²) in [5, 5.41) is 14.8. The minimum absolute atomic E-state index is 0.676. The minimum Gasteiger partial charge on any atom is -0.497 e. The molecule has 0 saturated carbocycles. The molecule has 0 spiro atoms. The average Bonchev–Trinajstić information content (AvgIpc) is 2.89. The van der Waals surface area contributed by atoms with E-state index in [0.717, 1.165) is 73.4 Å². The molecule has 0 atom stereocenters. The molecule has 0 aromatic heterocycles. The van der Waals surface area contributed by atoms with Gasteiger partial charge in [0.2, 0.25) is 0 Å². The summed E-state index contributed by atoms with van der Waals surface area (Å²) in [6.45, 7) is 5.56. The predicted molar refractivity (Wildman–Crippen MR) is 131 cm³/mol. The van der Waals surface area contributed by atoms with E-state index in [1.54, 1.807) is 35.5 Å². The van der Waals surface area contributed by atoms with E-state index < -0.39 is 11.9 Å². The summed E-state index contributed by atoms with van der Waals surface area (Å²) < 4.78 is 27.3. The lowest BCUT2D eigenvalue weighted by Crippen LogP contribution is -2.45. The summed E-state index contributed by atoms with van der Waals surface area (Å²) in [4.78, 5) is 23.1. The van der Waals surface area contributed by atoms with Crippen LogP contribution < -0.4 is 23.7 Å². The van der Waals surface area contributed by atoms with Crippen LogP contribution in [0.15, 0.2) is 30.3 Å². The number of benzene rings is 2. The Labute approximate surface area is 210 Å². The Kier molecular flexibility index (Phi) is 11.1. The molecular weight excluding hydrogens is 472 g/mol. The second kappa shape index (κ2) is 14.0. The number of hydrogen-bond donors (Lipinski definition) is 2. The Morgan fingerprint density at radius 2 is 1.08 bits per heavy atom. The van der Waals surface area contributed by atoms with Gasteiger partial charge in [0.1, 0.15) is 17.2 Å². The number of ether oxygens (including phenoxy) is 5. The van der Waals surface area contributed by atoms with Crippen molar-refractivity contribution >= 4 is 11.9 Å². The third-order valence-electron chi connectivity index (χ3n) is 5.71. The van der Waals surface area contributed by atoms with Gasteiger partial charge in [-0.3, -0.25) is 9.80 Å². The van der Waals surface area contributed by atoms with Crippen molar-refractivity contribution in [1.82, 2.24) is 9.80 Å². The first kappa shape index (κ1) is 28.5. The van der Waals surface area contributed by atoms with Crippen molar-refractivity contribution in [1.29, 1.82) is 0 Å². The van der Waals surface area contributed by atoms with Crippen molar-refractivity contribution in [2.45, 2.75) is 13.1 Å². The Bertz CT molecular complexity index is 1010. The number of rotatable bonds is 9. The summed E-state index contributed by atoms with van der Waals surface area (Å²) in [5.74, 6) is 0.312. The molecule has 0 radical (unpaired) electrons. The lowest BCUT2D eigenvalue weighted by Gasteiger charge is -2.35. The number of piperazine rings is 1. The maximum atomic E-state index is 9.10. The highest BCUT2D eigenvalue weighted by Crippen LogP contribution is 2.35. The van der Waals surface area contributed by atoms with Gasteiger partial charge in [-0.25, -0.2) is 9.59 Å². The zero-order valence-corrected chi connectivity index (χ0v) is 21.3. The van der Waals surface area contributed by atoms with Crippen LogP contribution in [-0.2, 0) is 22.7 Å². The van der Waals surface area contributed by atoms with Gasteiger partial charge in [0, 0.05) is 56.5 Å². The Morgan fingerprint density at radius 3 is 1.50 bits per heavy atom. The molecule has 0 amide bonds. The summed E-state index contributed by atoms with van der Waals surface area (Å²) in [6, 6.07) is 9.84. The number of carboxylic acids is 2. The van der Waals surface area contributed by atoms with Crippen LogP contribution in [0.25, 0.3) is 0 Å². The van der Waals surface area contributed by atoms with E-state index in [0.29, 0.717) is 5.75 Å². The molecular formula is C25H34N2O9. The highest BCUT2D eigenvalue weighted by molar-refractivity contribution is 6.27. The van der Waals surface area contributed by atoms with E-state index in [1.807, 2.05) is 24.3 Å². The minimum atomic E-state index is -1.82. The fourth-order valence-corrected chi connectivity index (χ4v) is 3.81. The largest absolute Gasteiger partial charge is 0.497 e. The molecule has 0 aliphatic carbocycles. The summed E-state index contributed by atoms with van der Waals surface area (Å²) in [7, 11) is 8.37. The zero-order valence-electron chi connectivity index (χ0n) is 21.3. The van der Waals surface area contributed by atoms with Crippen LogP contribution in [0.3, 0.4) is 0 Å². The molecule has 1 aliphatic rings. The number of carbonyl (C=O) groups is 2. The smallest absolute Gasteiger partial charge is 0.414 e. The monoisotopic (exact) mass is 506 g/mol. The van der Waals surface area contributed by atoms with E-state index in [1.165, 1.54) is 0 Å². The normalized spacial score (nSPS) is 13.7. The molecule has 1 heterocycles. The molecule has 2 aromatic rings. The van der Waals surface area contributed by atoms with E-state index in [9.17, 15) is 0 Å². The highest BCUT2D eigenvalue weighted by Gasteiger charge is 2.21. The summed E-state index contributed by atoms with van der Waals surface area (Å²) in [6.07, 6.45) is 0. The fraction of sp³-hybridized carbons (Fsp3) is 0.440. The third kappa shape index (κ3) is 7.92. The van der Waals surface area contributed by atoms with Crippen LogP contribution >= 0.6 is 0 Å². The second-order valence-corrected chi connectivity index (χ2v) is 7.86. The van der Waals surface area contributed by atoms with Crippen LogP contribution in [0.2, 0.25) is 0 Å². The van der Waals surface area contributed by atoms with Crippen molar-refractivity contribution in [3.05, 3.63) is 41.5 Å². The molecule has 0 unspecified atom stereocenters. The zero-order chi connectivity index (χ0) is 26.7. The number of hydrogen-bond acceptors (Lipinski definition) is 9. The molecule has 3 rings (SSSR count).